The van der Waals surface area contributed by atoms with Crippen molar-refractivity contribution in [2.24, 2.45) is 0 Å². The van der Waals surface area contributed by atoms with Crippen LogP contribution < -0.4 is 0 Å². The Bertz CT molecular complexity index is 768. The first-order valence-corrected chi connectivity index (χ1v) is 6.12. The molecule has 0 amide bonds. The Balaban J connectivity index is 2.13. The normalized spacial score (nSPS) is 10.5. The van der Waals surface area contributed by atoms with Gasteiger partial charge in [-0.15, -0.1) is 0 Å². The molecule has 0 saturated carbocycles. The van der Waals surface area contributed by atoms with Crippen LogP contribution in [0.2, 0.25) is 5.28 Å². The largest absolute Gasteiger partial charge is 0.346 e. The molecule has 0 aliphatic rings. The summed E-state index contributed by atoms with van der Waals surface area (Å²) in [5.74, 6) is 0. The fourth-order valence-corrected chi connectivity index (χ4v) is 2.17. The first-order chi connectivity index (χ1) is 9.28. The van der Waals surface area contributed by atoms with Gasteiger partial charge in [-0.1, -0.05) is 24.3 Å². The molecule has 0 aliphatic carbocycles. The standard InChI is InChI=1S/C14H9ClN4/c15-14-18-12(11-6-8-17-13(11)19-14)10-3-1-9(2-4-10)5-7-16/h1-4,6,8H,5H2,(H,17,18,19). The van der Waals surface area contributed by atoms with Crippen molar-refractivity contribution < 1.29 is 0 Å². The molecule has 0 atom stereocenters. The highest BCUT2D eigenvalue weighted by Gasteiger charge is 2.09. The molecule has 1 aromatic carbocycles. The van der Waals surface area contributed by atoms with Gasteiger partial charge in [0.2, 0.25) is 5.28 Å². The van der Waals surface area contributed by atoms with E-state index in [9.17, 15) is 0 Å². The van der Waals surface area contributed by atoms with Crippen LogP contribution >= 0.6 is 11.6 Å². The number of aromatic nitrogens is 3. The van der Waals surface area contributed by atoms with Gasteiger partial charge in [0.05, 0.1) is 18.2 Å². The van der Waals surface area contributed by atoms with Crippen LogP contribution in [0.15, 0.2) is 36.5 Å². The number of hydrogen-bond acceptors (Lipinski definition) is 3. The van der Waals surface area contributed by atoms with Crippen LogP contribution in [0.25, 0.3) is 22.3 Å². The third-order valence-corrected chi connectivity index (χ3v) is 3.07. The molecule has 0 fully saturated rings. The summed E-state index contributed by atoms with van der Waals surface area (Å²) in [5.41, 5.74) is 3.45. The molecule has 0 aliphatic heterocycles. The molecular weight excluding hydrogens is 260 g/mol. The van der Waals surface area contributed by atoms with Crippen molar-refractivity contribution in [3.05, 3.63) is 47.4 Å². The zero-order valence-electron chi connectivity index (χ0n) is 9.89. The molecule has 0 radical (unpaired) electrons. The highest BCUT2D eigenvalue weighted by atomic mass is 35.5. The van der Waals surface area contributed by atoms with Gasteiger partial charge in [0.1, 0.15) is 5.65 Å². The van der Waals surface area contributed by atoms with Crippen LogP contribution in [0.1, 0.15) is 5.56 Å². The number of fused-ring (bicyclic) bond motifs is 1. The SMILES string of the molecule is N#CCc1ccc(-c2nc(Cl)nc3[nH]ccc23)cc1. The Hall–Kier alpha value is -2.38. The van der Waals surface area contributed by atoms with Crippen molar-refractivity contribution in [2.75, 3.05) is 0 Å². The van der Waals surface area contributed by atoms with Crippen LogP contribution in [0.4, 0.5) is 0 Å². The second-order valence-corrected chi connectivity index (χ2v) is 4.45. The van der Waals surface area contributed by atoms with E-state index < -0.39 is 0 Å². The fourth-order valence-electron chi connectivity index (χ4n) is 2.01. The number of halogens is 1. The van der Waals surface area contributed by atoms with Crippen molar-refractivity contribution in [3.63, 3.8) is 0 Å². The molecule has 0 unspecified atom stereocenters. The average Bonchev–Trinajstić information content (AvgIpc) is 2.87. The summed E-state index contributed by atoms with van der Waals surface area (Å²) in [6.45, 7) is 0. The Morgan fingerprint density at radius 3 is 2.68 bits per heavy atom. The summed E-state index contributed by atoms with van der Waals surface area (Å²) in [4.78, 5) is 11.4. The predicted octanol–water partition coefficient (Wildman–Crippen LogP) is 3.34. The second-order valence-electron chi connectivity index (χ2n) is 4.11. The molecule has 0 bridgehead atoms. The van der Waals surface area contributed by atoms with Gasteiger partial charge >= 0.3 is 0 Å². The molecular formula is C14H9ClN4. The van der Waals surface area contributed by atoms with Crippen LogP contribution in [0.3, 0.4) is 0 Å². The zero-order chi connectivity index (χ0) is 13.2. The molecule has 4 nitrogen and oxygen atoms in total. The average molecular weight is 269 g/mol. The van der Waals surface area contributed by atoms with Gasteiger partial charge in [0.25, 0.3) is 0 Å². The lowest BCUT2D eigenvalue weighted by molar-refractivity contribution is 1.20. The number of rotatable bonds is 2. The zero-order valence-corrected chi connectivity index (χ0v) is 10.6. The van der Waals surface area contributed by atoms with Gasteiger partial charge in [-0.25, -0.2) is 4.98 Å². The molecule has 2 heterocycles. The van der Waals surface area contributed by atoms with Crippen LogP contribution in [0.5, 0.6) is 0 Å². The number of aromatic amines is 1. The lowest BCUT2D eigenvalue weighted by Crippen LogP contribution is -1.90. The maximum atomic E-state index is 8.66. The van der Waals surface area contributed by atoms with Crippen molar-refractivity contribution in [3.8, 4) is 17.3 Å². The van der Waals surface area contributed by atoms with E-state index in [2.05, 4.69) is 21.0 Å². The summed E-state index contributed by atoms with van der Waals surface area (Å²) in [6, 6.07) is 11.8. The van der Waals surface area contributed by atoms with Crippen LogP contribution in [-0.4, -0.2) is 15.0 Å². The Kier molecular flexibility index (Phi) is 2.90. The van der Waals surface area contributed by atoms with E-state index in [0.29, 0.717) is 6.42 Å². The van der Waals surface area contributed by atoms with Crippen molar-refractivity contribution in [1.29, 1.82) is 5.26 Å². The predicted molar refractivity (Wildman–Crippen MR) is 73.7 cm³/mol. The molecule has 3 rings (SSSR count). The second kappa shape index (κ2) is 4.71. The third kappa shape index (κ3) is 2.16. The van der Waals surface area contributed by atoms with E-state index in [0.717, 1.165) is 27.9 Å². The molecule has 0 saturated heterocycles. The van der Waals surface area contributed by atoms with Gasteiger partial charge in [0, 0.05) is 17.1 Å². The number of H-pyrrole nitrogens is 1. The van der Waals surface area contributed by atoms with Gasteiger partial charge in [-0.3, -0.25) is 0 Å². The summed E-state index contributed by atoms with van der Waals surface area (Å²) >= 11 is 5.93. The minimum absolute atomic E-state index is 0.214. The molecule has 2 aromatic heterocycles. The third-order valence-electron chi connectivity index (χ3n) is 2.90. The molecule has 19 heavy (non-hydrogen) atoms. The number of nitrogens with zero attached hydrogens (tertiary/aromatic N) is 3. The lowest BCUT2D eigenvalue weighted by Gasteiger charge is -2.04. The smallest absolute Gasteiger partial charge is 0.224 e. The molecule has 5 heteroatoms. The number of hydrogen-bond donors (Lipinski definition) is 1. The van der Waals surface area contributed by atoms with E-state index >= 15 is 0 Å². The van der Waals surface area contributed by atoms with Gasteiger partial charge in [0.15, 0.2) is 0 Å². The van der Waals surface area contributed by atoms with Crippen LogP contribution in [0, 0.1) is 11.3 Å². The summed E-state index contributed by atoms with van der Waals surface area (Å²) in [6.07, 6.45) is 2.22. The molecule has 1 N–H and O–H groups in total. The molecule has 0 spiro atoms. The fraction of sp³-hybridized carbons (Fsp3) is 0.0714. The topological polar surface area (TPSA) is 65.4 Å². The number of nitriles is 1. The first-order valence-electron chi connectivity index (χ1n) is 5.75. The molecule has 92 valence electrons. The summed E-state index contributed by atoms with van der Waals surface area (Å²) in [7, 11) is 0. The highest BCUT2D eigenvalue weighted by Crippen LogP contribution is 2.26. The monoisotopic (exact) mass is 268 g/mol. The van der Waals surface area contributed by atoms with Gasteiger partial charge in [-0.2, -0.15) is 10.2 Å². The lowest BCUT2D eigenvalue weighted by atomic mass is 10.1. The number of benzene rings is 1. The Morgan fingerprint density at radius 2 is 1.95 bits per heavy atom. The first kappa shape index (κ1) is 11.7. The van der Waals surface area contributed by atoms with Crippen LogP contribution in [-0.2, 0) is 6.42 Å². The Labute approximate surface area is 114 Å². The Morgan fingerprint density at radius 1 is 1.16 bits per heavy atom. The van der Waals surface area contributed by atoms with Crippen molar-refractivity contribution >= 4 is 22.6 Å². The maximum Gasteiger partial charge on any atom is 0.224 e. The minimum Gasteiger partial charge on any atom is -0.346 e. The quantitative estimate of drug-likeness (QED) is 0.725. The number of nitrogens with one attached hydrogen (secondary N) is 1. The van der Waals surface area contributed by atoms with Gasteiger partial charge < -0.3 is 4.98 Å². The minimum atomic E-state index is 0.214. The van der Waals surface area contributed by atoms with E-state index in [1.54, 1.807) is 0 Å². The van der Waals surface area contributed by atoms with Crippen molar-refractivity contribution in [1.82, 2.24) is 15.0 Å². The highest BCUT2D eigenvalue weighted by molar-refractivity contribution is 6.28. The van der Waals surface area contributed by atoms with E-state index in [4.69, 9.17) is 16.9 Å². The molecule has 3 aromatic rings. The summed E-state index contributed by atoms with van der Waals surface area (Å²) < 4.78 is 0. The van der Waals surface area contributed by atoms with E-state index in [-0.39, 0.29) is 5.28 Å². The van der Waals surface area contributed by atoms with Crippen molar-refractivity contribution in [2.45, 2.75) is 6.42 Å². The maximum absolute atomic E-state index is 8.66. The van der Waals surface area contributed by atoms with E-state index in [1.165, 1.54) is 0 Å². The van der Waals surface area contributed by atoms with E-state index in [1.807, 2.05) is 36.5 Å². The van der Waals surface area contributed by atoms with Gasteiger partial charge in [-0.05, 0) is 23.2 Å². The summed E-state index contributed by atoms with van der Waals surface area (Å²) in [5, 5.41) is 9.81.